The van der Waals surface area contributed by atoms with Crippen molar-refractivity contribution < 1.29 is 0 Å². The Morgan fingerprint density at radius 2 is 1.94 bits per heavy atom. The predicted octanol–water partition coefficient (Wildman–Crippen LogP) is 2.54. The minimum absolute atomic E-state index is 0.306. The van der Waals surface area contributed by atoms with E-state index in [-0.39, 0.29) is 5.54 Å². The van der Waals surface area contributed by atoms with Crippen LogP contribution in [0.4, 0.5) is 0 Å². The average molecular weight is 243 g/mol. The van der Waals surface area contributed by atoms with Crippen molar-refractivity contribution in [1.82, 2.24) is 9.55 Å². The van der Waals surface area contributed by atoms with Crippen LogP contribution in [0.2, 0.25) is 0 Å². The third-order valence-corrected chi connectivity index (χ3v) is 3.50. The van der Waals surface area contributed by atoms with Gasteiger partial charge in [0.2, 0.25) is 0 Å². The molecule has 2 N–H and O–H groups in total. The zero-order chi connectivity index (χ0) is 13.2. The molecule has 3 nitrogen and oxygen atoms in total. The van der Waals surface area contributed by atoms with Crippen molar-refractivity contribution in [1.29, 1.82) is 0 Å². The SMILES string of the molecule is Cc1ccc(C(C)(N)CCc2nccn2C)cc1. The lowest BCUT2D eigenvalue weighted by atomic mass is 9.88. The van der Waals surface area contributed by atoms with Crippen LogP contribution in [-0.4, -0.2) is 9.55 Å². The maximum atomic E-state index is 6.42. The van der Waals surface area contributed by atoms with E-state index in [4.69, 9.17) is 5.73 Å². The highest BCUT2D eigenvalue weighted by molar-refractivity contribution is 5.27. The molecule has 2 aromatic rings. The third kappa shape index (κ3) is 2.79. The Bertz CT molecular complexity index is 509. The first-order chi connectivity index (χ1) is 8.49. The summed E-state index contributed by atoms with van der Waals surface area (Å²) in [4.78, 5) is 4.33. The van der Waals surface area contributed by atoms with E-state index < -0.39 is 0 Å². The molecule has 0 spiro atoms. The number of aryl methyl sites for hydroxylation is 3. The summed E-state index contributed by atoms with van der Waals surface area (Å²) in [6.45, 7) is 4.17. The molecule has 0 fully saturated rings. The van der Waals surface area contributed by atoms with Gasteiger partial charge in [0, 0.05) is 31.4 Å². The summed E-state index contributed by atoms with van der Waals surface area (Å²) in [6, 6.07) is 8.46. The van der Waals surface area contributed by atoms with Crippen LogP contribution in [-0.2, 0) is 19.0 Å². The molecule has 1 atom stereocenters. The van der Waals surface area contributed by atoms with Crippen molar-refractivity contribution in [3.8, 4) is 0 Å². The summed E-state index contributed by atoms with van der Waals surface area (Å²) < 4.78 is 2.05. The predicted molar refractivity (Wildman–Crippen MR) is 74.2 cm³/mol. The van der Waals surface area contributed by atoms with Gasteiger partial charge in [0.1, 0.15) is 5.82 Å². The van der Waals surface area contributed by atoms with E-state index in [1.165, 1.54) is 11.1 Å². The molecular weight excluding hydrogens is 222 g/mol. The first kappa shape index (κ1) is 12.8. The van der Waals surface area contributed by atoms with Gasteiger partial charge in [-0.1, -0.05) is 29.8 Å². The van der Waals surface area contributed by atoms with Crippen molar-refractivity contribution in [3.63, 3.8) is 0 Å². The number of benzene rings is 1. The molecule has 0 bridgehead atoms. The molecule has 1 unspecified atom stereocenters. The standard InChI is InChI=1S/C15H21N3/c1-12-4-6-13(7-5-12)15(2,16)9-8-14-17-10-11-18(14)3/h4-7,10-11H,8-9,16H2,1-3H3. The van der Waals surface area contributed by atoms with Crippen molar-refractivity contribution in [2.45, 2.75) is 32.2 Å². The Morgan fingerprint density at radius 3 is 2.50 bits per heavy atom. The third-order valence-electron chi connectivity index (χ3n) is 3.50. The van der Waals surface area contributed by atoms with Gasteiger partial charge in [0.25, 0.3) is 0 Å². The lowest BCUT2D eigenvalue weighted by molar-refractivity contribution is 0.444. The molecule has 0 aliphatic rings. The molecule has 0 aliphatic carbocycles. The highest BCUT2D eigenvalue weighted by Gasteiger charge is 2.21. The molecule has 0 aliphatic heterocycles. The van der Waals surface area contributed by atoms with Gasteiger partial charge in [0.05, 0.1) is 0 Å². The Hall–Kier alpha value is -1.61. The maximum Gasteiger partial charge on any atom is 0.108 e. The monoisotopic (exact) mass is 243 g/mol. The Kier molecular flexibility index (Phi) is 3.53. The van der Waals surface area contributed by atoms with Crippen LogP contribution in [0.15, 0.2) is 36.7 Å². The first-order valence-corrected chi connectivity index (χ1v) is 6.31. The molecule has 2 rings (SSSR count). The van der Waals surface area contributed by atoms with Crippen molar-refractivity contribution in [3.05, 3.63) is 53.6 Å². The second kappa shape index (κ2) is 4.94. The fraction of sp³-hybridized carbons (Fsp3) is 0.400. The first-order valence-electron chi connectivity index (χ1n) is 6.31. The van der Waals surface area contributed by atoms with Gasteiger partial charge in [0.15, 0.2) is 0 Å². The maximum absolute atomic E-state index is 6.42. The van der Waals surface area contributed by atoms with Gasteiger partial charge >= 0.3 is 0 Å². The van der Waals surface area contributed by atoms with Crippen LogP contribution in [0.1, 0.15) is 30.3 Å². The summed E-state index contributed by atoms with van der Waals surface area (Å²) in [5, 5.41) is 0. The van der Waals surface area contributed by atoms with E-state index in [9.17, 15) is 0 Å². The average Bonchev–Trinajstić information content (AvgIpc) is 2.73. The molecule has 96 valence electrons. The summed E-state index contributed by atoms with van der Waals surface area (Å²) in [5.74, 6) is 1.08. The molecule has 1 heterocycles. The largest absolute Gasteiger partial charge is 0.338 e. The highest BCUT2D eigenvalue weighted by Crippen LogP contribution is 2.23. The van der Waals surface area contributed by atoms with Gasteiger partial charge in [-0.25, -0.2) is 4.98 Å². The fourth-order valence-corrected chi connectivity index (χ4v) is 2.09. The quantitative estimate of drug-likeness (QED) is 0.896. The molecule has 3 heteroatoms. The number of aromatic nitrogens is 2. The smallest absolute Gasteiger partial charge is 0.108 e. The van der Waals surface area contributed by atoms with E-state index >= 15 is 0 Å². The second-order valence-electron chi connectivity index (χ2n) is 5.24. The molecule has 0 saturated carbocycles. The summed E-state index contributed by atoms with van der Waals surface area (Å²) >= 11 is 0. The zero-order valence-corrected chi connectivity index (χ0v) is 11.4. The molecule has 1 aromatic heterocycles. The molecule has 0 amide bonds. The van der Waals surface area contributed by atoms with Gasteiger partial charge in [-0.15, -0.1) is 0 Å². The fourth-order valence-electron chi connectivity index (χ4n) is 2.09. The Balaban J connectivity index is 2.07. The number of rotatable bonds is 4. The summed E-state index contributed by atoms with van der Waals surface area (Å²) in [6.07, 6.45) is 5.58. The van der Waals surface area contributed by atoms with Crippen LogP contribution in [0.25, 0.3) is 0 Å². The lowest BCUT2D eigenvalue weighted by Crippen LogP contribution is -2.33. The van der Waals surface area contributed by atoms with E-state index in [0.717, 1.165) is 18.7 Å². The highest BCUT2D eigenvalue weighted by atomic mass is 15.0. The normalized spacial score (nSPS) is 14.4. The van der Waals surface area contributed by atoms with Crippen molar-refractivity contribution in [2.75, 3.05) is 0 Å². The van der Waals surface area contributed by atoms with Crippen molar-refractivity contribution >= 4 is 0 Å². The van der Waals surface area contributed by atoms with Crippen LogP contribution >= 0.6 is 0 Å². The van der Waals surface area contributed by atoms with Crippen LogP contribution < -0.4 is 5.73 Å². The van der Waals surface area contributed by atoms with E-state index in [1.54, 1.807) is 0 Å². The second-order valence-corrected chi connectivity index (χ2v) is 5.24. The van der Waals surface area contributed by atoms with Crippen LogP contribution in [0, 0.1) is 6.92 Å². The number of imidazole rings is 1. The number of hydrogen-bond acceptors (Lipinski definition) is 2. The van der Waals surface area contributed by atoms with E-state index in [1.807, 2.05) is 24.0 Å². The lowest BCUT2D eigenvalue weighted by Gasteiger charge is -2.25. The van der Waals surface area contributed by atoms with Crippen LogP contribution in [0.3, 0.4) is 0 Å². The Morgan fingerprint density at radius 1 is 1.28 bits per heavy atom. The van der Waals surface area contributed by atoms with Gasteiger partial charge < -0.3 is 10.3 Å². The summed E-state index contributed by atoms with van der Waals surface area (Å²) in [5.41, 5.74) is 8.56. The molecule has 18 heavy (non-hydrogen) atoms. The molecule has 0 saturated heterocycles. The van der Waals surface area contributed by atoms with Crippen molar-refractivity contribution in [2.24, 2.45) is 12.8 Å². The number of hydrogen-bond donors (Lipinski definition) is 1. The number of nitrogens with two attached hydrogens (primary N) is 1. The molecule has 1 aromatic carbocycles. The Labute approximate surface area is 109 Å². The minimum atomic E-state index is -0.306. The van der Waals surface area contributed by atoms with Gasteiger partial charge in [-0.2, -0.15) is 0 Å². The van der Waals surface area contributed by atoms with Crippen LogP contribution in [0.5, 0.6) is 0 Å². The zero-order valence-electron chi connectivity index (χ0n) is 11.4. The molecule has 0 radical (unpaired) electrons. The van der Waals surface area contributed by atoms with Gasteiger partial charge in [-0.05, 0) is 25.8 Å². The minimum Gasteiger partial charge on any atom is -0.338 e. The number of nitrogens with zero attached hydrogens (tertiary/aromatic N) is 2. The van der Waals surface area contributed by atoms with Gasteiger partial charge in [-0.3, -0.25) is 0 Å². The topological polar surface area (TPSA) is 43.8 Å². The van der Waals surface area contributed by atoms with E-state index in [0.29, 0.717) is 0 Å². The van der Waals surface area contributed by atoms with E-state index in [2.05, 4.69) is 43.1 Å². The summed E-state index contributed by atoms with van der Waals surface area (Å²) in [7, 11) is 2.02. The molecular formula is C15H21N3.